The molecule has 0 unspecified atom stereocenters. The van der Waals surface area contributed by atoms with Crippen molar-refractivity contribution in [3.8, 4) is 0 Å². The smallest absolute Gasteiger partial charge is 0.243 e. The zero-order valence-corrected chi connectivity index (χ0v) is 16.7. The van der Waals surface area contributed by atoms with Crippen LogP contribution in [0.5, 0.6) is 0 Å². The molecule has 0 radical (unpaired) electrons. The molecular formula is C20H23ClN2O3S. The van der Waals surface area contributed by atoms with E-state index in [9.17, 15) is 13.2 Å². The maximum absolute atomic E-state index is 12.7. The third kappa shape index (κ3) is 4.69. The van der Waals surface area contributed by atoms with E-state index in [0.29, 0.717) is 31.0 Å². The maximum Gasteiger partial charge on any atom is 0.243 e. The second-order valence-electron chi connectivity index (χ2n) is 6.77. The highest BCUT2D eigenvalue weighted by Crippen LogP contribution is 2.25. The fourth-order valence-corrected chi connectivity index (χ4v) is 4.87. The van der Waals surface area contributed by atoms with E-state index in [4.69, 9.17) is 11.6 Å². The molecule has 0 aromatic heterocycles. The minimum absolute atomic E-state index is 0.0186. The zero-order valence-electron chi connectivity index (χ0n) is 15.1. The van der Waals surface area contributed by atoms with Crippen LogP contribution in [0.3, 0.4) is 0 Å². The SMILES string of the molecule is C[C@H](NC(=O)C1CCN(S(=O)(=O)c2ccc(Cl)cc2)CC1)c1ccccc1. The quantitative estimate of drug-likeness (QED) is 0.824. The average molecular weight is 407 g/mol. The Bertz CT molecular complexity index is 877. The predicted octanol–water partition coefficient (Wildman–Crippen LogP) is 3.62. The number of benzene rings is 2. The van der Waals surface area contributed by atoms with Crippen molar-refractivity contribution >= 4 is 27.5 Å². The minimum atomic E-state index is -3.55. The Labute approximate surface area is 165 Å². The molecule has 0 aliphatic carbocycles. The number of hydrogen-bond donors (Lipinski definition) is 1. The van der Waals surface area contributed by atoms with Gasteiger partial charge in [0, 0.05) is 24.0 Å². The summed E-state index contributed by atoms with van der Waals surface area (Å²) in [5, 5.41) is 3.53. The number of rotatable bonds is 5. The van der Waals surface area contributed by atoms with Crippen molar-refractivity contribution in [1.29, 1.82) is 0 Å². The monoisotopic (exact) mass is 406 g/mol. The number of carbonyl (C=O) groups excluding carboxylic acids is 1. The molecule has 1 amide bonds. The predicted molar refractivity (Wildman–Crippen MR) is 106 cm³/mol. The van der Waals surface area contributed by atoms with Gasteiger partial charge >= 0.3 is 0 Å². The summed E-state index contributed by atoms with van der Waals surface area (Å²) in [6.45, 7) is 2.62. The summed E-state index contributed by atoms with van der Waals surface area (Å²) < 4.78 is 26.9. The first-order chi connectivity index (χ1) is 12.9. The lowest BCUT2D eigenvalue weighted by Gasteiger charge is -2.31. The number of hydrogen-bond acceptors (Lipinski definition) is 3. The van der Waals surface area contributed by atoms with Crippen LogP contribution in [0, 0.1) is 5.92 Å². The molecule has 1 aliphatic rings. The molecule has 144 valence electrons. The molecule has 1 fully saturated rings. The van der Waals surface area contributed by atoms with Crippen LogP contribution in [-0.4, -0.2) is 31.7 Å². The van der Waals surface area contributed by atoms with Crippen LogP contribution in [0.25, 0.3) is 0 Å². The van der Waals surface area contributed by atoms with E-state index in [1.54, 1.807) is 12.1 Å². The van der Waals surface area contributed by atoms with Crippen LogP contribution >= 0.6 is 11.6 Å². The van der Waals surface area contributed by atoms with Gasteiger partial charge in [0.2, 0.25) is 15.9 Å². The van der Waals surface area contributed by atoms with Crippen molar-refractivity contribution in [3.05, 3.63) is 65.2 Å². The molecule has 3 rings (SSSR count). The summed E-state index contributed by atoms with van der Waals surface area (Å²) in [7, 11) is -3.55. The van der Waals surface area contributed by atoms with Gasteiger partial charge in [0.25, 0.3) is 0 Å². The van der Waals surface area contributed by atoms with Gasteiger partial charge in [-0.2, -0.15) is 4.31 Å². The summed E-state index contributed by atoms with van der Waals surface area (Å²) in [6.07, 6.45) is 1.03. The lowest BCUT2D eigenvalue weighted by molar-refractivity contribution is -0.126. The lowest BCUT2D eigenvalue weighted by atomic mass is 9.96. The highest BCUT2D eigenvalue weighted by molar-refractivity contribution is 7.89. The number of piperidine rings is 1. The second-order valence-corrected chi connectivity index (χ2v) is 9.15. The Morgan fingerprint density at radius 3 is 2.26 bits per heavy atom. The van der Waals surface area contributed by atoms with Gasteiger partial charge in [0.1, 0.15) is 0 Å². The van der Waals surface area contributed by atoms with E-state index < -0.39 is 10.0 Å². The average Bonchev–Trinajstić information content (AvgIpc) is 2.69. The van der Waals surface area contributed by atoms with Crippen molar-refractivity contribution in [2.45, 2.75) is 30.7 Å². The number of sulfonamides is 1. The number of amides is 1. The van der Waals surface area contributed by atoms with Gasteiger partial charge in [-0.05, 0) is 49.6 Å². The van der Waals surface area contributed by atoms with Crippen LogP contribution in [-0.2, 0) is 14.8 Å². The minimum Gasteiger partial charge on any atom is -0.349 e. The van der Waals surface area contributed by atoms with Crippen LogP contribution < -0.4 is 5.32 Å². The first kappa shape index (κ1) is 19.9. The Morgan fingerprint density at radius 1 is 1.07 bits per heavy atom. The van der Waals surface area contributed by atoms with Crippen LogP contribution in [0.1, 0.15) is 31.4 Å². The van der Waals surface area contributed by atoms with E-state index in [0.717, 1.165) is 5.56 Å². The van der Waals surface area contributed by atoms with Gasteiger partial charge in [-0.25, -0.2) is 8.42 Å². The molecule has 1 heterocycles. The fraction of sp³-hybridized carbons (Fsp3) is 0.350. The van der Waals surface area contributed by atoms with Gasteiger partial charge in [0.05, 0.1) is 10.9 Å². The second kappa shape index (κ2) is 8.42. The number of nitrogens with zero attached hydrogens (tertiary/aromatic N) is 1. The third-order valence-electron chi connectivity index (χ3n) is 4.93. The summed E-state index contributed by atoms with van der Waals surface area (Å²) in [4.78, 5) is 12.8. The van der Waals surface area contributed by atoms with E-state index in [1.807, 2.05) is 37.3 Å². The zero-order chi connectivity index (χ0) is 19.4. The number of halogens is 1. The van der Waals surface area contributed by atoms with E-state index in [-0.39, 0.29) is 22.8 Å². The van der Waals surface area contributed by atoms with Crippen LogP contribution in [0.2, 0.25) is 5.02 Å². The normalized spacial score (nSPS) is 17.4. The number of nitrogens with one attached hydrogen (secondary N) is 1. The topological polar surface area (TPSA) is 66.5 Å². The molecule has 1 saturated heterocycles. The molecule has 27 heavy (non-hydrogen) atoms. The molecule has 0 spiro atoms. The Morgan fingerprint density at radius 2 is 1.67 bits per heavy atom. The Hall–Kier alpha value is -1.89. The molecule has 0 bridgehead atoms. The summed E-state index contributed by atoms with van der Waals surface area (Å²) in [5.41, 5.74) is 1.05. The van der Waals surface area contributed by atoms with Gasteiger partial charge in [0.15, 0.2) is 0 Å². The summed E-state index contributed by atoms with van der Waals surface area (Å²) in [6, 6.07) is 15.9. The van der Waals surface area contributed by atoms with Crippen molar-refractivity contribution in [1.82, 2.24) is 9.62 Å². The van der Waals surface area contributed by atoms with Gasteiger partial charge in [-0.1, -0.05) is 41.9 Å². The molecule has 5 nitrogen and oxygen atoms in total. The fourth-order valence-electron chi connectivity index (χ4n) is 3.27. The standard InChI is InChI=1S/C20H23ClN2O3S/c1-15(16-5-3-2-4-6-16)22-20(24)17-11-13-23(14-12-17)27(25,26)19-9-7-18(21)8-10-19/h2-10,15,17H,11-14H2,1H3,(H,22,24)/t15-/m0/s1. The van der Waals surface area contributed by atoms with Crippen LogP contribution in [0.4, 0.5) is 0 Å². The van der Waals surface area contributed by atoms with Gasteiger partial charge in [-0.3, -0.25) is 4.79 Å². The van der Waals surface area contributed by atoms with Crippen molar-refractivity contribution in [2.75, 3.05) is 13.1 Å². The van der Waals surface area contributed by atoms with E-state index in [2.05, 4.69) is 5.32 Å². The molecular weight excluding hydrogens is 384 g/mol. The third-order valence-corrected chi connectivity index (χ3v) is 7.10. The molecule has 2 aromatic carbocycles. The molecule has 1 N–H and O–H groups in total. The highest BCUT2D eigenvalue weighted by atomic mass is 35.5. The van der Waals surface area contributed by atoms with Crippen molar-refractivity contribution in [2.24, 2.45) is 5.92 Å². The van der Waals surface area contributed by atoms with Crippen LogP contribution in [0.15, 0.2) is 59.5 Å². The Balaban J connectivity index is 1.58. The lowest BCUT2D eigenvalue weighted by Crippen LogP contribution is -2.43. The summed E-state index contributed by atoms with van der Waals surface area (Å²) >= 11 is 5.83. The molecule has 0 saturated carbocycles. The van der Waals surface area contributed by atoms with E-state index >= 15 is 0 Å². The molecule has 2 aromatic rings. The van der Waals surface area contributed by atoms with Crippen molar-refractivity contribution in [3.63, 3.8) is 0 Å². The largest absolute Gasteiger partial charge is 0.349 e. The molecule has 1 atom stereocenters. The highest BCUT2D eigenvalue weighted by Gasteiger charge is 2.32. The first-order valence-corrected chi connectivity index (χ1v) is 10.8. The molecule has 7 heteroatoms. The van der Waals surface area contributed by atoms with E-state index in [1.165, 1.54) is 16.4 Å². The summed E-state index contributed by atoms with van der Waals surface area (Å²) in [5.74, 6) is -0.192. The van der Waals surface area contributed by atoms with Crippen molar-refractivity contribution < 1.29 is 13.2 Å². The number of carbonyl (C=O) groups is 1. The van der Waals surface area contributed by atoms with Gasteiger partial charge < -0.3 is 5.32 Å². The van der Waals surface area contributed by atoms with Gasteiger partial charge in [-0.15, -0.1) is 0 Å². The molecule has 1 aliphatic heterocycles. The maximum atomic E-state index is 12.7. The first-order valence-electron chi connectivity index (χ1n) is 8.99. The Kier molecular flexibility index (Phi) is 6.19.